The van der Waals surface area contributed by atoms with Crippen molar-refractivity contribution in [2.24, 2.45) is 33.5 Å². The van der Waals surface area contributed by atoms with Crippen molar-refractivity contribution in [1.29, 1.82) is 0 Å². The molecule has 0 radical (unpaired) electrons. The first-order valence-electron chi connectivity index (χ1n) is 12.5. The summed E-state index contributed by atoms with van der Waals surface area (Å²) in [5.74, 6) is 0.664. The van der Waals surface area contributed by atoms with Crippen LogP contribution in [0.4, 0.5) is 0 Å². The van der Waals surface area contributed by atoms with Crippen LogP contribution >= 0.6 is 0 Å². The van der Waals surface area contributed by atoms with Crippen LogP contribution in [0.15, 0.2) is 0 Å². The number of carbonyl (C=O) groups is 2. The summed E-state index contributed by atoms with van der Waals surface area (Å²) in [6.45, 7) is 18.5. The maximum atomic E-state index is 13.3. The lowest BCUT2D eigenvalue weighted by atomic mass is 9.60. The monoisotopic (exact) mass is 436 g/mol. The highest BCUT2D eigenvalue weighted by Crippen LogP contribution is 2.50. The third kappa shape index (κ3) is 6.48. The molecule has 2 fully saturated rings. The number of carbonyl (C=O) groups excluding carboxylic acids is 2. The number of hydrogen-bond donors (Lipinski definition) is 0. The zero-order chi connectivity index (χ0) is 23.5. The molecule has 4 unspecified atom stereocenters. The van der Waals surface area contributed by atoms with Crippen molar-refractivity contribution < 1.29 is 19.1 Å². The van der Waals surface area contributed by atoms with E-state index in [2.05, 4.69) is 55.4 Å². The maximum Gasteiger partial charge on any atom is 0.312 e. The van der Waals surface area contributed by atoms with Crippen LogP contribution in [0.2, 0.25) is 0 Å². The second-order valence-corrected chi connectivity index (χ2v) is 12.9. The molecule has 2 saturated heterocycles. The van der Waals surface area contributed by atoms with Gasteiger partial charge in [-0.15, -0.1) is 0 Å². The molecule has 31 heavy (non-hydrogen) atoms. The predicted octanol–water partition coefficient (Wildman–Crippen LogP) is 6.95. The SMILES string of the molecule is CC1(CC2CCCCOC(=O)C(C)(C(C)(C)C)C2)CC(C(C)(C)C)CCCCOC1=O. The highest BCUT2D eigenvalue weighted by Gasteiger charge is 2.49. The van der Waals surface area contributed by atoms with E-state index in [9.17, 15) is 9.59 Å². The molecule has 0 spiro atoms. The summed E-state index contributed by atoms with van der Waals surface area (Å²) >= 11 is 0. The fourth-order valence-electron chi connectivity index (χ4n) is 5.51. The van der Waals surface area contributed by atoms with Gasteiger partial charge < -0.3 is 9.47 Å². The normalized spacial score (nSPS) is 34.8. The molecule has 0 aromatic heterocycles. The largest absolute Gasteiger partial charge is 0.465 e. The zero-order valence-corrected chi connectivity index (χ0v) is 21.6. The molecular formula is C27H48O4. The Morgan fingerprint density at radius 1 is 0.806 bits per heavy atom. The first-order valence-corrected chi connectivity index (χ1v) is 12.5. The van der Waals surface area contributed by atoms with E-state index in [4.69, 9.17) is 9.47 Å². The number of hydrogen-bond acceptors (Lipinski definition) is 4. The maximum absolute atomic E-state index is 13.3. The van der Waals surface area contributed by atoms with Crippen LogP contribution in [0, 0.1) is 33.5 Å². The third-order valence-corrected chi connectivity index (χ3v) is 8.38. The molecule has 4 atom stereocenters. The molecule has 0 bridgehead atoms. The van der Waals surface area contributed by atoms with Gasteiger partial charge in [0.25, 0.3) is 0 Å². The number of rotatable bonds is 2. The molecule has 0 aromatic rings. The highest BCUT2D eigenvalue weighted by atomic mass is 16.5. The van der Waals surface area contributed by atoms with Gasteiger partial charge >= 0.3 is 11.9 Å². The first kappa shape index (κ1) is 26.2. The van der Waals surface area contributed by atoms with Gasteiger partial charge in [-0.3, -0.25) is 9.59 Å². The van der Waals surface area contributed by atoms with Crippen LogP contribution in [-0.4, -0.2) is 25.2 Å². The summed E-state index contributed by atoms with van der Waals surface area (Å²) in [6, 6.07) is 0. The van der Waals surface area contributed by atoms with Crippen LogP contribution < -0.4 is 0 Å². The van der Waals surface area contributed by atoms with E-state index in [0.29, 0.717) is 25.0 Å². The minimum Gasteiger partial charge on any atom is -0.465 e. The third-order valence-electron chi connectivity index (χ3n) is 8.38. The summed E-state index contributed by atoms with van der Waals surface area (Å²) in [5.41, 5.74) is -1.12. The second kappa shape index (κ2) is 9.83. The lowest BCUT2D eigenvalue weighted by Gasteiger charge is -2.43. The Kier molecular flexibility index (Phi) is 8.31. The molecular weight excluding hydrogens is 388 g/mol. The van der Waals surface area contributed by atoms with Gasteiger partial charge in [0.1, 0.15) is 0 Å². The lowest BCUT2D eigenvalue weighted by Crippen LogP contribution is -2.44. The van der Waals surface area contributed by atoms with Crippen molar-refractivity contribution in [3.63, 3.8) is 0 Å². The quantitative estimate of drug-likeness (QED) is 0.440. The smallest absolute Gasteiger partial charge is 0.312 e. The van der Waals surface area contributed by atoms with E-state index in [-0.39, 0.29) is 22.8 Å². The van der Waals surface area contributed by atoms with Crippen molar-refractivity contribution in [3.05, 3.63) is 0 Å². The molecule has 2 rings (SSSR count). The summed E-state index contributed by atoms with van der Waals surface area (Å²) in [4.78, 5) is 26.4. The topological polar surface area (TPSA) is 52.6 Å². The fourth-order valence-corrected chi connectivity index (χ4v) is 5.51. The molecule has 4 heteroatoms. The van der Waals surface area contributed by atoms with Crippen LogP contribution in [0.25, 0.3) is 0 Å². The van der Waals surface area contributed by atoms with Crippen LogP contribution in [0.5, 0.6) is 0 Å². The van der Waals surface area contributed by atoms with Crippen molar-refractivity contribution in [2.45, 2.75) is 113 Å². The molecule has 2 heterocycles. The van der Waals surface area contributed by atoms with Gasteiger partial charge in [-0.1, -0.05) is 48.0 Å². The molecule has 0 amide bonds. The summed E-state index contributed by atoms with van der Waals surface area (Å²) in [5, 5.41) is 0. The molecule has 0 saturated carbocycles. The predicted molar refractivity (Wildman–Crippen MR) is 126 cm³/mol. The molecule has 0 aliphatic carbocycles. The van der Waals surface area contributed by atoms with E-state index in [0.717, 1.165) is 57.8 Å². The fraction of sp³-hybridized carbons (Fsp3) is 0.926. The van der Waals surface area contributed by atoms with Gasteiger partial charge in [0.2, 0.25) is 0 Å². The van der Waals surface area contributed by atoms with Crippen molar-refractivity contribution in [1.82, 2.24) is 0 Å². The average Bonchev–Trinajstić information content (AvgIpc) is 2.74. The van der Waals surface area contributed by atoms with Crippen LogP contribution in [-0.2, 0) is 19.1 Å². The molecule has 0 N–H and O–H groups in total. The number of esters is 2. The standard InChI is InChI=1S/C27H48O4/c1-24(2,3)21-14-10-12-15-30-22(28)26(7,19-21)17-20-13-9-11-16-31-23(29)27(8,18-20)25(4,5)6/h20-21H,9-19H2,1-8H3. The van der Waals surface area contributed by atoms with E-state index in [1.165, 1.54) is 0 Å². The van der Waals surface area contributed by atoms with Gasteiger partial charge in [0.05, 0.1) is 24.0 Å². The van der Waals surface area contributed by atoms with Gasteiger partial charge in [0.15, 0.2) is 0 Å². The minimum absolute atomic E-state index is 0.0384. The molecule has 2 aliphatic heterocycles. The van der Waals surface area contributed by atoms with Gasteiger partial charge in [0, 0.05) is 0 Å². The van der Waals surface area contributed by atoms with Crippen molar-refractivity contribution in [2.75, 3.05) is 13.2 Å². The Balaban J connectivity index is 2.35. The van der Waals surface area contributed by atoms with Crippen LogP contribution in [0.3, 0.4) is 0 Å². The van der Waals surface area contributed by atoms with Gasteiger partial charge in [-0.2, -0.15) is 0 Å². The molecule has 180 valence electrons. The Hall–Kier alpha value is -1.06. The summed E-state index contributed by atoms with van der Waals surface area (Å²) in [7, 11) is 0. The van der Waals surface area contributed by atoms with Crippen molar-refractivity contribution >= 4 is 11.9 Å². The van der Waals surface area contributed by atoms with Gasteiger partial charge in [-0.05, 0) is 87.9 Å². The second-order valence-electron chi connectivity index (χ2n) is 12.9. The van der Waals surface area contributed by atoms with E-state index < -0.39 is 10.8 Å². The van der Waals surface area contributed by atoms with Gasteiger partial charge in [-0.25, -0.2) is 0 Å². The minimum atomic E-state index is -0.565. The number of ether oxygens (including phenoxy) is 2. The first-order chi connectivity index (χ1) is 14.2. The average molecular weight is 437 g/mol. The zero-order valence-electron chi connectivity index (χ0n) is 21.6. The molecule has 0 aromatic carbocycles. The Morgan fingerprint density at radius 3 is 1.90 bits per heavy atom. The lowest BCUT2D eigenvalue weighted by molar-refractivity contribution is -0.164. The number of cyclic esters (lactones) is 2. The Bertz CT molecular complexity index is 626. The van der Waals surface area contributed by atoms with Crippen molar-refractivity contribution in [3.8, 4) is 0 Å². The molecule has 4 nitrogen and oxygen atoms in total. The van der Waals surface area contributed by atoms with Crippen LogP contribution in [0.1, 0.15) is 113 Å². The molecule has 2 aliphatic rings. The van der Waals surface area contributed by atoms with E-state index >= 15 is 0 Å². The Labute approximate surface area is 191 Å². The summed E-state index contributed by atoms with van der Waals surface area (Å²) < 4.78 is 11.4. The van der Waals surface area contributed by atoms with E-state index in [1.54, 1.807) is 0 Å². The summed E-state index contributed by atoms with van der Waals surface area (Å²) in [6.07, 6.45) is 8.59. The van der Waals surface area contributed by atoms with E-state index in [1.807, 2.05) is 0 Å². The Morgan fingerprint density at radius 2 is 1.35 bits per heavy atom. The highest BCUT2D eigenvalue weighted by molar-refractivity contribution is 5.78.